The summed E-state index contributed by atoms with van der Waals surface area (Å²) in [7, 11) is 3.48. The Labute approximate surface area is 193 Å². The summed E-state index contributed by atoms with van der Waals surface area (Å²) >= 11 is 0. The lowest BCUT2D eigenvalue weighted by molar-refractivity contribution is 0.0245. The van der Waals surface area contributed by atoms with E-state index in [2.05, 4.69) is 5.32 Å². The summed E-state index contributed by atoms with van der Waals surface area (Å²) in [5, 5.41) is 3.32. The number of nitrogens with zero attached hydrogens (tertiary/aromatic N) is 3. The van der Waals surface area contributed by atoms with Crippen molar-refractivity contribution in [3.63, 3.8) is 0 Å². The molecule has 2 aromatic rings. The number of rotatable bonds is 7. The van der Waals surface area contributed by atoms with E-state index >= 15 is 0 Å². The number of aromatic nitrogens is 2. The van der Waals surface area contributed by atoms with E-state index in [9.17, 15) is 9.59 Å². The van der Waals surface area contributed by atoms with Crippen molar-refractivity contribution in [3.05, 3.63) is 50.7 Å². The van der Waals surface area contributed by atoms with E-state index in [-0.39, 0.29) is 23.5 Å². The Bertz CT molecular complexity index is 1150. The second-order valence-corrected chi connectivity index (χ2v) is 8.17. The summed E-state index contributed by atoms with van der Waals surface area (Å²) in [5.41, 5.74) is 0.880. The van der Waals surface area contributed by atoms with Crippen molar-refractivity contribution >= 4 is 17.6 Å². The second kappa shape index (κ2) is 9.74. The summed E-state index contributed by atoms with van der Waals surface area (Å²) in [6, 6.07) is 5.82. The zero-order valence-corrected chi connectivity index (χ0v) is 19.7. The van der Waals surface area contributed by atoms with Gasteiger partial charge in [0.1, 0.15) is 23.8 Å². The largest absolute Gasteiger partial charge is 0.493 e. The predicted octanol–water partition coefficient (Wildman–Crippen LogP) is 2.52. The summed E-state index contributed by atoms with van der Waals surface area (Å²) in [5.74, 6) is 1.95. The molecule has 4 rings (SSSR count). The Hall–Kier alpha value is -3.20. The van der Waals surface area contributed by atoms with Gasteiger partial charge in [-0.05, 0) is 37.6 Å². The van der Waals surface area contributed by atoms with Gasteiger partial charge < -0.3 is 24.4 Å². The van der Waals surface area contributed by atoms with Crippen LogP contribution >= 0.6 is 0 Å². The Kier molecular flexibility index (Phi) is 6.78. The van der Waals surface area contributed by atoms with Crippen LogP contribution in [0.5, 0.6) is 11.5 Å². The van der Waals surface area contributed by atoms with Crippen LogP contribution in [0.3, 0.4) is 0 Å². The van der Waals surface area contributed by atoms with E-state index < -0.39 is 0 Å². The van der Waals surface area contributed by atoms with Crippen LogP contribution in [0.15, 0.2) is 33.9 Å². The van der Waals surface area contributed by atoms with Gasteiger partial charge in [-0.2, -0.15) is 0 Å². The Morgan fingerprint density at radius 2 is 1.85 bits per heavy atom. The number of fused-ring (bicyclic) bond motifs is 1. The zero-order chi connectivity index (χ0) is 23.5. The fourth-order valence-electron chi connectivity index (χ4n) is 4.34. The van der Waals surface area contributed by atoms with Gasteiger partial charge in [0, 0.05) is 33.0 Å². The summed E-state index contributed by atoms with van der Waals surface area (Å²) in [4.78, 5) is 27.4. The molecule has 0 saturated carbocycles. The highest BCUT2D eigenvalue weighted by atomic mass is 16.5. The highest BCUT2D eigenvalue weighted by Crippen LogP contribution is 2.32. The molecule has 0 amide bonds. The fourth-order valence-corrected chi connectivity index (χ4v) is 4.34. The van der Waals surface area contributed by atoms with Crippen molar-refractivity contribution in [2.45, 2.75) is 52.0 Å². The van der Waals surface area contributed by atoms with Gasteiger partial charge in [0.15, 0.2) is 11.5 Å². The monoisotopic (exact) mass is 456 g/mol. The molecule has 3 heterocycles. The fraction of sp³-hybridized carbons (Fsp3) is 0.500. The molecule has 9 heteroatoms. The molecule has 9 nitrogen and oxygen atoms in total. The van der Waals surface area contributed by atoms with Crippen LogP contribution < -0.4 is 30.9 Å². The van der Waals surface area contributed by atoms with Crippen LogP contribution in [0.4, 0.5) is 11.5 Å². The van der Waals surface area contributed by atoms with Gasteiger partial charge in [-0.15, -0.1) is 0 Å². The quantitative estimate of drug-likeness (QED) is 0.685. The second-order valence-electron chi connectivity index (χ2n) is 8.17. The SMILES string of the molecule is CCn1c2c(c(=O)n(CC)c1=O)N(C)C(/C=C/c1ccc(OC3CCOCC3)c(OC)c1)N2. The first-order valence-electron chi connectivity index (χ1n) is 11.5. The molecule has 1 atom stereocenters. The minimum Gasteiger partial charge on any atom is -0.493 e. The molecule has 2 aliphatic rings. The Morgan fingerprint density at radius 3 is 2.52 bits per heavy atom. The summed E-state index contributed by atoms with van der Waals surface area (Å²) < 4.78 is 20.0. The minimum absolute atomic E-state index is 0.132. The molecule has 0 bridgehead atoms. The Balaban J connectivity index is 1.56. The van der Waals surface area contributed by atoms with Gasteiger partial charge in [0.05, 0.1) is 20.3 Å². The maximum Gasteiger partial charge on any atom is 0.332 e. The number of methoxy groups -OCH3 is 1. The number of nitrogens with one attached hydrogen (secondary N) is 1. The normalized spacial score (nSPS) is 18.4. The van der Waals surface area contributed by atoms with Crippen LogP contribution in [0, 0.1) is 0 Å². The molecule has 1 saturated heterocycles. The third kappa shape index (κ3) is 4.37. The lowest BCUT2D eigenvalue weighted by Crippen LogP contribution is -2.41. The molecular weight excluding hydrogens is 424 g/mol. The standard InChI is InChI=1S/C24H32N4O5/c1-5-27-22-21(23(29)28(6-2)24(27)30)26(3)20(25-22)10-8-16-7-9-18(19(15-16)31-4)33-17-11-13-32-14-12-17/h7-10,15,17,20,25H,5-6,11-14H2,1-4H3/b10-8+. The highest BCUT2D eigenvalue weighted by molar-refractivity contribution is 5.73. The first kappa shape index (κ1) is 23.0. The van der Waals surface area contributed by atoms with Gasteiger partial charge in [0.2, 0.25) is 0 Å². The molecule has 178 valence electrons. The van der Waals surface area contributed by atoms with Crippen molar-refractivity contribution < 1.29 is 14.2 Å². The van der Waals surface area contributed by atoms with Crippen molar-refractivity contribution in [2.75, 3.05) is 37.6 Å². The number of hydrogen-bond donors (Lipinski definition) is 1. The minimum atomic E-state index is -0.292. The molecule has 1 aromatic carbocycles. The first-order chi connectivity index (χ1) is 16.0. The van der Waals surface area contributed by atoms with Crippen LogP contribution in [-0.4, -0.2) is 48.8 Å². The molecule has 1 N–H and O–H groups in total. The number of ether oxygens (including phenoxy) is 3. The predicted molar refractivity (Wildman–Crippen MR) is 129 cm³/mol. The van der Waals surface area contributed by atoms with Crippen molar-refractivity contribution in [1.82, 2.24) is 9.13 Å². The van der Waals surface area contributed by atoms with Gasteiger partial charge in [0.25, 0.3) is 5.56 Å². The Morgan fingerprint density at radius 1 is 1.12 bits per heavy atom. The average molecular weight is 457 g/mol. The summed E-state index contributed by atoms with van der Waals surface area (Å²) in [6.07, 6.45) is 5.54. The van der Waals surface area contributed by atoms with Gasteiger partial charge in [-0.3, -0.25) is 13.9 Å². The van der Waals surface area contributed by atoms with Crippen molar-refractivity contribution in [3.8, 4) is 11.5 Å². The van der Waals surface area contributed by atoms with Crippen LogP contribution in [0.25, 0.3) is 6.08 Å². The third-order valence-corrected chi connectivity index (χ3v) is 6.21. The van der Waals surface area contributed by atoms with Gasteiger partial charge in [-0.1, -0.05) is 12.1 Å². The van der Waals surface area contributed by atoms with E-state index in [1.807, 2.05) is 49.2 Å². The smallest absolute Gasteiger partial charge is 0.332 e. The highest BCUT2D eigenvalue weighted by Gasteiger charge is 2.31. The molecule has 1 fully saturated rings. The molecule has 0 aliphatic carbocycles. The molecule has 0 spiro atoms. The van der Waals surface area contributed by atoms with E-state index in [1.54, 1.807) is 18.6 Å². The molecule has 0 radical (unpaired) electrons. The molecule has 1 unspecified atom stereocenters. The number of anilines is 2. The van der Waals surface area contributed by atoms with E-state index in [1.165, 1.54) is 4.57 Å². The number of likely N-dealkylation sites (N-methyl/N-ethyl adjacent to an activating group) is 1. The van der Waals surface area contributed by atoms with Crippen LogP contribution in [0.2, 0.25) is 0 Å². The summed E-state index contributed by atoms with van der Waals surface area (Å²) in [6.45, 7) is 5.94. The molecule has 1 aromatic heterocycles. The molecular formula is C24H32N4O5. The molecule has 2 aliphatic heterocycles. The van der Waals surface area contributed by atoms with E-state index in [0.717, 1.165) is 24.2 Å². The third-order valence-electron chi connectivity index (χ3n) is 6.21. The van der Waals surface area contributed by atoms with Crippen molar-refractivity contribution in [2.24, 2.45) is 0 Å². The van der Waals surface area contributed by atoms with Crippen LogP contribution in [-0.2, 0) is 17.8 Å². The van der Waals surface area contributed by atoms with Gasteiger partial charge in [-0.25, -0.2) is 4.79 Å². The topological polar surface area (TPSA) is 87.0 Å². The zero-order valence-electron chi connectivity index (χ0n) is 19.7. The van der Waals surface area contributed by atoms with Crippen LogP contribution in [0.1, 0.15) is 32.3 Å². The van der Waals surface area contributed by atoms with Crippen molar-refractivity contribution in [1.29, 1.82) is 0 Å². The van der Waals surface area contributed by atoms with E-state index in [4.69, 9.17) is 14.2 Å². The van der Waals surface area contributed by atoms with E-state index in [0.29, 0.717) is 43.6 Å². The number of hydrogen-bond acceptors (Lipinski definition) is 7. The average Bonchev–Trinajstić information content (AvgIpc) is 3.15. The maximum absolute atomic E-state index is 12.9. The number of benzene rings is 1. The molecule has 33 heavy (non-hydrogen) atoms. The lowest BCUT2D eigenvalue weighted by Gasteiger charge is -2.24. The van der Waals surface area contributed by atoms with Gasteiger partial charge >= 0.3 is 5.69 Å². The first-order valence-corrected chi connectivity index (χ1v) is 11.5. The maximum atomic E-state index is 12.9. The lowest BCUT2D eigenvalue weighted by atomic mass is 10.1.